The standard InChI is InChI=1S/C14H20BrNO/c1-4-13(15)7-8-16-14(17)12-6-5-10(2)11(3)9-12/h5-6,9,13H,4,7-8H2,1-3H3,(H,16,17). The number of aryl methyl sites for hydroxylation is 2. The number of hydrogen-bond donors (Lipinski definition) is 1. The Hall–Kier alpha value is -0.830. The highest BCUT2D eigenvalue weighted by molar-refractivity contribution is 9.09. The van der Waals surface area contributed by atoms with Crippen LogP contribution >= 0.6 is 15.9 Å². The zero-order chi connectivity index (χ0) is 12.8. The van der Waals surface area contributed by atoms with Crippen LogP contribution in [-0.4, -0.2) is 17.3 Å². The van der Waals surface area contributed by atoms with Crippen molar-refractivity contribution in [1.82, 2.24) is 5.32 Å². The molecule has 0 saturated heterocycles. The number of amides is 1. The molecule has 0 aromatic heterocycles. The highest BCUT2D eigenvalue weighted by Gasteiger charge is 2.07. The van der Waals surface area contributed by atoms with Gasteiger partial charge in [0, 0.05) is 16.9 Å². The summed E-state index contributed by atoms with van der Waals surface area (Å²) in [5.41, 5.74) is 3.12. The second kappa shape index (κ2) is 6.80. The molecule has 1 amide bonds. The number of halogens is 1. The van der Waals surface area contributed by atoms with Gasteiger partial charge in [-0.3, -0.25) is 4.79 Å². The van der Waals surface area contributed by atoms with Gasteiger partial charge in [0.25, 0.3) is 5.91 Å². The maximum Gasteiger partial charge on any atom is 0.251 e. The van der Waals surface area contributed by atoms with Crippen LogP contribution in [0.15, 0.2) is 18.2 Å². The molecule has 1 unspecified atom stereocenters. The lowest BCUT2D eigenvalue weighted by Gasteiger charge is -2.09. The maximum atomic E-state index is 11.9. The summed E-state index contributed by atoms with van der Waals surface area (Å²) in [5.74, 6) is 0.0175. The monoisotopic (exact) mass is 297 g/mol. The number of alkyl halides is 1. The third-order valence-electron chi connectivity index (χ3n) is 2.96. The minimum Gasteiger partial charge on any atom is -0.352 e. The van der Waals surface area contributed by atoms with Gasteiger partial charge in [0.15, 0.2) is 0 Å². The number of carbonyl (C=O) groups is 1. The van der Waals surface area contributed by atoms with Crippen LogP contribution in [0.4, 0.5) is 0 Å². The third-order valence-corrected chi connectivity index (χ3v) is 4.06. The van der Waals surface area contributed by atoms with Crippen molar-refractivity contribution < 1.29 is 4.79 Å². The number of hydrogen-bond acceptors (Lipinski definition) is 1. The van der Waals surface area contributed by atoms with Crippen molar-refractivity contribution in [2.75, 3.05) is 6.54 Å². The fourth-order valence-electron chi connectivity index (χ4n) is 1.53. The van der Waals surface area contributed by atoms with Gasteiger partial charge in [-0.25, -0.2) is 0 Å². The lowest BCUT2D eigenvalue weighted by atomic mass is 10.1. The van der Waals surface area contributed by atoms with E-state index in [2.05, 4.69) is 28.2 Å². The minimum atomic E-state index is 0.0175. The fourth-order valence-corrected chi connectivity index (χ4v) is 1.76. The van der Waals surface area contributed by atoms with Gasteiger partial charge in [-0.05, 0) is 49.9 Å². The second-order valence-electron chi connectivity index (χ2n) is 4.35. The van der Waals surface area contributed by atoms with E-state index in [9.17, 15) is 4.79 Å². The van der Waals surface area contributed by atoms with Crippen LogP contribution < -0.4 is 5.32 Å². The van der Waals surface area contributed by atoms with E-state index in [0.717, 1.165) is 30.5 Å². The Morgan fingerprint density at radius 1 is 1.35 bits per heavy atom. The van der Waals surface area contributed by atoms with Crippen LogP contribution in [0, 0.1) is 13.8 Å². The topological polar surface area (TPSA) is 29.1 Å². The van der Waals surface area contributed by atoms with Crippen LogP contribution in [-0.2, 0) is 0 Å². The third kappa shape index (κ3) is 4.50. The average molecular weight is 298 g/mol. The first kappa shape index (κ1) is 14.2. The molecule has 1 aromatic rings. The summed E-state index contributed by atoms with van der Waals surface area (Å²) in [4.78, 5) is 12.3. The van der Waals surface area contributed by atoms with Crippen LogP contribution in [0.5, 0.6) is 0 Å². The lowest BCUT2D eigenvalue weighted by molar-refractivity contribution is 0.0953. The molecule has 0 aliphatic carbocycles. The average Bonchev–Trinajstić information content (AvgIpc) is 2.32. The van der Waals surface area contributed by atoms with E-state index >= 15 is 0 Å². The van der Waals surface area contributed by atoms with Crippen molar-refractivity contribution in [2.24, 2.45) is 0 Å². The SMILES string of the molecule is CCC(Br)CCNC(=O)c1ccc(C)c(C)c1. The minimum absolute atomic E-state index is 0.0175. The Labute approximate surface area is 112 Å². The lowest BCUT2D eigenvalue weighted by Crippen LogP contribution is -2.26. The second-order valence-corrected chi connectivity index (χ2v) is 5.64. The molecule has 0 fully saturated rings. The molecule has 0 aliphatic rings. The Morgan fingerprint density at radius 2 is 2.06 bits per heavy atom. The van der Waals surface area contributed by atoms with Gasteiger partial charge in [-0.2, -0.15) is 0 Å². The predicted molar refractivity (Wildman–Crippen MR) is 75.9 cm³/mol. The molecule has 1 aromatic carbocycles. The van der Waals surface area contributed by atoms with Gasteiger partial charge in [0.05, 0.1) is 0 Å². The summed E-state index contributed by atoms with van der Waals surface area (Å²) in [6.45, 7) is 6.92. The molecule has 1 rings (SSSR count). The molecule has 17 heavy (non-hydrogen) atoms. The van der Waals surface area contributed by atoms with Gasteiger partial charge in [0.1, 0.15) is 0 Å². The number of benzene rings is 1. The molecule has 3 heteroatoms. The van der Waals surface area contributed by atoms with E-state index in [1.54, 1.807) is 0 Å². The molecule has 0 spiro atoms. The van der Waals surface area contributed by atoms with Crippen LogP contribution in [0.3, 0.4) is 0 Å². The molecule has 0 aliphatic heterocycles. The number of rotatable bonds is 5. The zero-order valence-electron chi connectivity index (χ0n) is 10.7. The van der Waals surface area contributed by atoms with E-state index in [4.69, 9.17) is 0 Å². The van der Waals surface area contributed by atoms with Crippen molar-refractivity contribution in [3.05, 3.63) is 34.9 Å². The van der Waals surface area contributed by atoms with Crippen LogP contribution in [0.2, 0.25) is 0 Å². The van der Waals surface area contributed by atoms with E-state index in [1.807, 2.05) is 32.0 Å². The van der Waals surface area contributed by atoms with E-state index in [-0.39, 0.29) is 5.91 Å². The normalized spacial score (nSPS) is 12.2. The van der Waals surface area contributed by atoms with Crippen LogP contribution in [0.1, 0.15) is 41.3 Å². The van der Waals surface area contributed by atoms with Crippen LogP contribution in [0.25, 0.3) is 0 Å². The molecular formula is C14H20BrNO. The molecule has 0 bridgehead atoms. The number of carbonyl (C=O) groups excluding carboxylic acids is 1. The van der Waals surface area contributed by atoms with Crippen molar-refractivity contribution >= 4 is 21.8 Å². The number of nitrogens with one attached hydrogen (secondary N) is 1. The Kier molecular flexibility index (Phi) is 5.69. The van der Waals surface area contributed by atoms with Crippen molar-refractivity contribution in [1.29, 1.82) is 0 Å². The van der Waals surface area contributed by atoms with Crippen molar-refractivity contribution in [2.45, 2.75) is 38.4 Å². The summed E-state index contributed by atoms with van der Waals surface area (Å²) in [5, 5.41) is 2.94. The highest BCUT2D eigenvalue weighted by atomic mass is 79.9. The first-order valence-electron chi connectivity index (χ1n) is 6.04. The Bertz CT molecular complexity index is 390. The fraction of sp³-hybridized carbons (Fsp3) is 0.500. The van der Waals surface area contributed by atoms with Crippen molar-refractivity contribution in [3.63, 3.8) is 0 Å². The summed E-state index contributed by atoms with van der Waals surface area (Å²) < 4.78 is 0. The van der Waals surface area contributed by atoms with E-state index < -0.39 is 0 Å². The summed E-state index contributed by atoms with van der Waals surface area (Å²) in [6, 6.07) is 5.81. The predicted octanol–water partition coefficient (Wildman–Crippen LogP) is 3.60. The molecule has 94 valence electrons. The first-order valence-corrected chi connectivity index (χ1v) is 6.95. The molecular weight excluding hydrogens is 278 g/mol. The molecule has 0 radical (unpaired) electrons. The smallest absolute Gasteiger partial charge is 0.251 e. The summed E-state index contributed by atoms with van der Waals surface area (Å²) in [6.07, 6.45) is 2.05. The maximum absolute atomic E-state index is 11.9. The first-order chi connectivity index (χ1) is 8.04. The molecule has 2 nitrogen and oxygen atoms in total. The molecule has 1 N–H and O–H groups in total. The highest BCUT2D eigenvalue weighted by Crippen LogP contribution is 2.10. The summed E-state index contributed by atoms with van der Waals surface area (Å²) in [7, 11) is 0. The van der Waals surface area contributed by atoms with Gasteiger partial charge >= 0.3 is 0 Å². The summed E-state index contributed by atoms with van der Waals surface area (Å²) >= 11 is 3.55. The van der Waals surface area contributed by atoms with Gasteiger partial charge in [0.2, 0.25) is 0 Å². The molecule has 0 saturated carbocycles. The van der Waals surface area contributed by atoms with E-state index in [0.29, 0.717) is 4.83 Å². The van der Waals surface area contributed by atoms with Crippen molar-refractivity contribution in [3.8, 4) is 0 Å². The Morgan fingerprint density at radius 3 is 2.65 bits per heavy atom. The quantitative estimate of drug-likeness (QED) is 0.827. The van der Waals surface area contributed by atoms with E-state index in [1.165, 1.54) is 5.56 Å². The molecule has 1 atom stereocenters. The Balaban J connectivity index is 2.50. The largest absolute Gasteiger partial charge is 0.352 e. The van der Waals surface area contributed by atoms with Gasteiger partial charge < -0.3 is 5.32 Å². The zero-order valence-corrected chi connectivity index (χ0v) is 12.3. The van der Waals surface area contributed by atoms with Gasteiger partial charge in [-0.15, -0.1) is 0 Å². The van der Waals surface area contributed by atoms with Gasteiger partial charge in [-0.1, -0.05) is 28.9 Å². The molecule has 0 heterocycles.